The van der Waals surface area contributed by atoms with E-state index in [1.165, 1.54) is 10.4 Å². The van der Waals surface area contributed by atoms with Gasteiger partial charge in [-0.15, -0.1) is 0 Å². The van der Waals surface area contributed by atoms with Crippen molar-refractivity contribution in [2.24, 2.45) is 11.8 Å². The van der Waals surface area contributed by atoms with Crippen molar-refractivity contribution in [2.75, 3.05) is 0 Å². The molecule has 16 heavy (non-hydrogen) atoms. The fourth-order valence-corrected chi connectivity index (χ4v) is 2.33. The van der Waals surface area contributed by atoms with Crippen molar-refractivity contribution in [2.45, 2.75) is 0 Å². The molecule has 0 bridgehead atoms. The Balaban J connectivity index is 2.23. The molecule has 76 valence electrons. The summed E-state index contributed by atoms with van der Waals surface area (Å²) in [6.07, 6.45) is 13.2. The molecule has 2 aliphatic carbocycles. The smallest absolute Gasteiger partial charge is 0.0991 e. The third-order valence-electron chi connectivity index (χ3n) is 3.18. The normalized spacial score (nSPS) is 24.7. The van der Waals surface area contributed by atoms with Gasteiger partial charge in [-0.05, 0) is 22.6 Å². The number of nitriles is 1. The van der Waals surface area contributed by atoms with Crippen LogP contribution in [0, 0.1) is 23.2 Å². The number of fused-ring (bicyclic) bond motifs is 2. The van der Waals surface area contributed by atoms with Gasteiger partial charge < -0.3 is 0 Å². The number of hydrogen-bond acceptors (Lipinski definition) is 1. The van der Waals surface area contributed by atoms with E-state index in [1.54, 1.807) is 0 Å². The van der Waals surface area contributed by atoms with Crippen LogP contribution in [0.3, 0.4) is 0 Å². The van der Waals surface area contributed by atoms with E-state index in [9.17, 15) is 0 Å². The molecule has 0 aliphatic heterocycles. The third-order valence-corrected chi connectivity index (χ3v) is 3.18. The highest BCUT2D eigenvalue weighted by atomic mass is 14.2. The Labute approximate surface area is 94.3 Å². The number of nitrogens with zero attached hydrogens (tertiary/aromatic N) is 1. The lowest BCUT2D eigenvalue weighted by molar-refractivity contribution is 0.723. The molecule has 1 aromatic rings. The van der Waals surface area contributed by atoms with Gasteiger partial charge in [0.1, 0.15) is 0 Å². The van der Waals surface area contributed by atoms with Crippen molar-refractivity contribution in [3.8, 4) is 6.07 Å². The van der Waals surface area contributed by atoms with Crippen molar-refractivity contribution >= 4 is 12.2 Å². The summed E-state index contributed by atoms with van der Waals surface area (Å²) in [5.41, 5.74) is 0.734. The average Bonchev–Trinajstić information content (AvgIpc) is 2.35. The van der Waals surface area contributed by atoms with Crippen LogP contribution >= 0.6 is 0 Å². The number of allylic oxidation sites excluding steroid dienone is 4. The van der Waals surface area contributed by atoms with Gasteiger partial charge in [0, 0.05) is 11.8 Å². The second-order valence-electron chi connectivity index (χ2n) is 4.21. The number of rotatable bonds is 0. The molecule has 0 radical (unpaired) electrons. The SMILES string of the molecule is N#Cc1ccc2c(c1)=CC1C=CC=CC1C=2. The summed E-state index contributed by atoms with van der Waals surface area (Å²) >= 11 is 0. The van der Waals surface area contributed by atoms with E-state index >= 15 is 0 Å². The van der Waals surface area contributed by atoms with E-state index in [0.717, 1.165) is 5.56 Å². The highest BCUT2D eigenvalue weighted by Gasteiger charge is 2.16. The summed E-state index contributed by atoms with van der Waals surface area (Å²) in [6.45, 7) is 0. The molecular weight excluding hydrogens is 194 g/mol. The van der Waals surface area contributed by atoms with Crippen LogP contribution in [-0.2, 0) is 0 Å². The number of hydrogen-bond donors (Lipinski definition) is 0. The van der Waals surface area contributed by atoms with E-state index < -0.39 is 0 Å². The molecule has 1 heteroatoms. The van der Waals surface area contributed by atoms with Gasteiger partial charge in [0.15, 0.2) is 0 Å². The minimum atomic E-state index is 0.450. The van der Waals surface area contributed by atoms with E-state index in [-0.39, 0.29) is 0 Å². The van der Waals surface area contributed by atoms with E-state index in [1.807, 2.05) is 18.2 Å². The van der Waals surface area contributed by atoms with Gasteiger partial charge in [-0.1, -0.05) is 42.5 Å². The van der Waals surface area contributed by atoms with E-state index in [4.69, 9.17) is 5.26 Å². The van der Waals surface area contributed by atoms with Gasteiger partial charge in [0.2, 0.25) is 0 Å². The molecule has 0 N–H and O–H groups in total. The van der Waals surface area contributed by atoms with Crippen molar-refractivity contribution < 1.29 is 0 Å². The molecule has 3 rings (SSSR count). The van der Waals surface area contributed by atoms with Gasteiger partial charge in [-0.25, -0.2) is 0 Å². The molecule has 0 heterocycles. The molecule has 0 saturated heterocycles. The van der Waals surface area contributed by atoms with Crippen LogP contribution in [0.15, 0.2) is 42.5 Å². The molecule has 0 aromatic heterocycles. The Kier molecular flexibility index (Phi) is 2.01. The second-order valence-corrected chi connectivity index (χ2v) is 4.21. The van der Waals surface area contributed by atoms with Crippen LogP contribution in [0.2, 0.25) is 0 Å². The first kappa shape index (κ1) is 9.18. The maximum atomic E-state index is 8.87. The molecule has 2 aliphatic rings. The Hall–Kier alpha value is -2.07. The molecule has 1 aromatic carbocycles. The Morgan fingerprint density at radius 1 is 0.938 bits per heavy atom. The topological polar surface area (TPSA) is 23.8 Å². The predicted octanol–water partition coefficient (Wildman–Crippen LogP) is 1.49. The fourth-order valence-electron chi connectivity index (χ4n) is 2.33. The standard InChI is InChI=1S/C15H11N/c16-10-11-5-6-14-8-12-3-1-2-4-13(12)9-15(14)7-11/h1-9,12-13H. The first-order valence-electron chi connectivity index (χ1n) is 5.46. The van der Waals surface area contributed by atoms with Crippen LogP contribution in [0.4, 0.5) is 0 Å². The van der Waals surface area contributed by atoms with Crippen molar-refractivity contribution in [3.63, 3.8) is 0 Å². The molecule has 2 atom stereocenters. The average molecular weight is 205 g/mol. The molecule has 2 unspecified atom stereocenters. The van der Waals surface area contributed by atoms with E-state index in [2.05, 4.69) is 42.5 Å². The van der Waals surface area contributed by atoms with Crippen LogP contribution < -0.4 is 10.4 Å². The summed E-state index contributed by atoms with van der Waals surface area (Å²) in [4.78, 5) is 0. The molecule has 1 nitrogen and oxygen atoms in total. The summed E-state index contributed by atoms with van der Waals surface area (Å²) in [5, 5.41) is 11.3. The maximum absolute atomic E-state index is 8.87. The molecule has 0 spiro atoms. The third kappa shape index (κ3) is 1.40. The fraction of sp³-hybridized carbons (Fsp3) is 0.133. The highest BCUT2D eigenvalue weighted by molar-refractivity contribution is 5.51. The van der Waals surface area contributed by atoms with Gasteiger partial charge in [-0.3, -0.25) is 0 Å². The summed E-state index contributed by atoms with van der Waals surface area (Å²) in [7, 11) is 0. The van der Waals surface area contributed by atoms with Crippen LogP contribution in [0.1, 0.15) is 5.56 Å². The zero-order valence-electron chi connectivity index (χ0n) is 8.80. The van der Waals surface area contributed by atoms with Gasteiger partial charge >= 0.3 is 0 Å². The predicted molar refractivity (Wildman–Crippen MR) is 64.6 cm³/mol. The molecular formula is C15H11N. The number of benzene rings is 1. The summed E-state index contributed by atoms with van der Waals surface area (Å²) in [6, 6.07) is 8.07. The van der Waals surface area contributed by atoms with Gasteiger partial charge in [-0.2, -0.15) is 5.26 Å². The van der Waals surface area contributed by atoms with Crippen LogP contribution in [0.5, 0.6) is 0 Å². The minimum absolute atomic E-state index is 0.450. The van der Waals surface area contributed by atoms with Gasteiger partial charge in [0.05, 0.1) is 11.6 Å². The van der Waals surface area contributed by atoms with Crippen molar-refractivity contribution in [3.05, 3.63) is 58.5 Å². The first-order chi connectivity index (χ1) is 7.86. The lowest BCUT2D eigenvalue weighted by Crippen LogP contribution is -2.32. The summed E-state index contributed by atoms with van der Waals surface area (Å²) < 4.78 is 0. The van der Waals surface area contributed by atoms with Gasteiger partial charge in [0.25, 0.3) is 0 Å². The first-order valence-corrected chi connectivity index (χ1v) is 5.46. The lowest BCUT2D eigenvalue weighted by atomic mass is 9.83. The quantitative estimate of drug-likeness (QED) is 0.629. The Bertz CT molecular complexity index is 641. The molecule has 0 saturated carbocycles. The summed E-state index contributed by atoms with van der Waals surface area (Å²) in [5.74, 6) is 0.928. The monoisotopic (exact) mass is 205 g/mol. The molecule has 0 fully saturated rings. The van der Waals surface area contributed by atoms with E-state index in [0.29, 0.717) is 11.8 Å². The van der Waals surface area contributed by atoms with Crippen LogP contribution in [-0.4, -0.2) is 0 Å². The lowest BCUT2D eigenvalue weighted by Gasteiger charge is -2.21. The Morgan fingerprint density at radius 2 is 1.62 bits per heavy atom. The zero-order chi connectivity index (χ0) is 11.0. The molecule has 0 amide bonds. The van der Waals surface area contributed by atoms with Crippen molar-refractivity contribution in [1.82, 2.24) is 0 Å². The Morgan fingerprint density at radius 3 is 2.31 bits per heavy atom. The van der Waals surface area contributed by atoms with Crippen LogP contribution in [0.25, 0.3) is 12.2 Å². The highest BCUT2D eigenvalue weighted by Crippen LogP contribution is 2.23. The maximum Gasteiger partial charge on any atom is 0.0991 e. The van der Waals surface area contributed by atoms with Crippen molar-refractivity contribution in [1.29, 1.82) is 5.26 Å². The largest absolute Gasteiger partial charge is 0.192 e. The zero-order valence-corrected chi connectivity index (χ0v) is 8.80. The second kappa shape index (κ2) is 3.50. The minimum Gasteiger partial charge on any atom is -0.192 e.